The van der Waals surface area contributed by atoms with Crippen LogP contribution in [0.25, 0.3) is 0 Å². The predicted octanol–water partition coefficient (Wildman–Crippen LogP) is 4.39. The van der Waals surface area contributed by atoms with Crippen molar-refractivity contribution in [2.24, 2.45) is 0 Å². The Labute approximate surface area is 149 Å². The summed E-state index contributed by atoms with van der Waals surface area (Å²) < 4.78 is 30.9. The molecule has 2 rings (SSSR count). The molecular formula is C20H24O4S. The maximum Gasteiger partial charge on any atom is 0.343 e. The molecule has 0 heterocycles. The Morgan fingerprint density at radius 1 is 1.00 bits per heavy atom. The Morgan fingerprint density at radius 2 is 1.64 bits per heavy atom. The third-order valence-corrected chi connectivity index (χ3v) is 5.71. The number of esters is 1. The second-order valence-corrected chi connectivity index (χ2v) is 9.03. The number of benzene rings is 2. The molecule has 25 heavy (non-hydrogen) atoms. The molecule has 2 aromatic rings. The van der Waals surface area contributed by atoms with E-state index in [1.807, 2.05) is 33.8 Å². The van der Waals surface area contributed by atoms with Crippen LogP contribution in [-0.4, -0.2) is 20.1 Å². The van der Waals surface area contributed by atoms with Crippen LogP contribution in [-0.2, 0) is 15.3 Å². The van der Waals surface area contributed by atoms with Gasteiger partial charge in [-0.25, -0.2) is 13.2 Å². The van der Waals surface area contributed by atoms with Crippen molar-refractivity contribution in [1.29, 1.82) is 0 Å². The third kappa shape index (κ3) is 4.48. The van der Waals surface area contributed by atoms with Gasteiger partial charge in [0.1, 0.15) is 5.75 Å². The Morgan fingerprint density at radius 3 is 2.20 bits per heavy atom. The van der Waals surface area contributed by atoms with E-state index >= 15 is 0 Å². The van der Waals surface area contributed by atoms with Crippen molar-refractivity contribution in [3.05, 3.63) is 59.7 Å². The lowest BCUT2D eigenvalue weighted by Crippen LogP contribution is -2.21. The molecule has 0 bridgehead atoms. The van der Waals surface area contributed by atoms with Crippen LogP contribution in [0.1, 0.15) is 50.0 Å². The minimum Gasteiger partial charge on any atom is -0.423 e. The van der Waals surface area contributed by atoms with E-state index < -0.39 is 21.2 Å². The first-order chi connectivity index (χ1) is 11.7. The zero-order chi connectivity index (χ0) is 18.7. The number of carbonyl (C=O) groups is 1. The second-order valence-electron chi connectivity index (χ2n) is 6.95. The molecule has 0 aliphatic carbocycles. The summed E-state index contributed by atoms with van der Waals surface area (Å²) in [6.45, 7) is 7.56. The van der Waals surface area contributed by atoms with Crippen LogP contribution >= 0.6 is 0 Å². The van der Waals surface area contributed by atoms with Crippen molar-refractivity contribution in [3.63, 3.8) is 0 Å². The Balaban J connectivity index is 2.54. The van der Waals surface area contributed by atoms with Gasteiger partial charge in [0.05, 0.1) is 16.2 Å². The van der Waals surface area contributed by atoms with Crippen molar-refractivity contribution in [3.8, 4) is 5.75 Å². The van der Waals surface area contributed by atoms with E-state index in [9.17, 15) is 13.2 Å². The van der Waals surface area contributed by atoms with Gasteiger partial charge in [-0.3, -0.25) is 0 Å². The van der Waals surface area contributed by atoms with Crippen LogP contribution in [0.15, 0.2) is 53.4 Å². The summed E-state index contributed by atoms with van der Waals surface area (Å²) in [5.74, 6) is -0.152. The van der Waals surface area contributed by atoms with Crippen molar-refractivity contribution < 1.29 is 17.9 Å². The van der Waals surface area contributed by atoms with Crippen molar-refractivity contribution in [2.45, 2.75) is 44.4 Å². The van der Waals surface area contributed by atoms with E-state index in [1.165, 1.54) is 0 Å². The maximum atomic E-state index is 12.7. The summed E-state index contributed by atoms with van der Waals surface area (Å²) in [7, 11) is -3.44. The fourth-order valence-electron chi connectivity index (χ4n) is 2.71. The van der Waals surface area contributed by atoms with Crippen LogP contribution in [0.2, 0.25) is 0 Å². The van der Waals surface area contributed by atoms with E-state index in [0.717, 1.165) is 0 Å². The molecular weight excluding hydrogens is 336 g/mol. The number of ether oxygens (including phenoxy) is 1. The fraction of sp³-hybridized carbons (Fsp3) is 0.350. The molecule has 0 aliphatic heterocycles. The molecule has 0 saturated heterocycles. The van der Waals surface area contributed by atoms with E-state index in [4.69, 9.17) is 4.74 Å². The van der Waals surface area contributed by atoms with Gasteiger partial charge >= 0.3 is 5.97 Å². The summed E-state index contributed by atoms with van der Waals surface area (Å²) in [6, 6.07) is 13.5. The molecule has 0 unspecified atom stereocenters. The molecule has 0 saturated carbocycles. The molecule has 0 N–H and O–H groups in total. The highest BCUT2D eigenvalue weighted by Gasteiger charge is 2.29. The number of hydrogen-bond acceptors (Lipinski definition) is 4. The van der Waals surface area contributed by atoms with Crippen LogP contribution in [0.5, 0.6) is 5.75 Å². The first-order valence-corrected chi connectivity index (χ1v) is 9.95. The number of sulfone groups is 1. The van der Waals surface area contributed by atoms with Gasteiger partial charge in [0, 0.05) is 5.56 Å². The summed E-state index contributed by atoms with van der Waals surface area (Å²) in [4.78, 5) is 12.6. The zero-order valence-electron chi connectivity index (χ0n) is 15.1. The molecule has 0 amide bonds. The van der Waals surface area contributed by atoms with Gasteiger partial charge in [0.25, 0.3) is 0 Å². The van der Waals surface area contributed by atoms with Gasteiger partial charge in [0.15, 0.2) is 9.84 Å². The van der Waals surface area contributed by atoms with E-state index in [-0.39, 0.29) is 10.6 Å². The maximum absolute atomic E-state index is 12.7. The second kappa shape index (κ2) is 7.40. The van der Waals surface area contributed by atoms with Gasteiger partial charge < -0.3 is 4.74 Å². The number of carbonyl (C=O) groups excluding carboxylic acids is 1. The summed E-state index contributed by atoms with van der Waals surface area (Å²) in [6.07, 6.45) is 0.528. The van der Waals surface area contributed by atoms with Crippen LogP contribution in [0.4, 0.5) is 0 Å². The Kier molecular flexibility index (Phi) is 5.68. The first-order valence-electron chi connectivity index (χ1n) is 8.30. The molecule has 0 aromatic heterocycles. The third-order valence-electron chi connectivity index (χ3n) is 3.76. The Bertz CT molecular complexity index is 847. The van der Waals surface area contributed by atoms with Gasteiger partial charge in [-0.15, -0.1) is 0 Å². The molecule has 0 radical (unpaired) electrons. The standard InChI is InChI=1S/C20H24O4S/c1-5-14-25(22,23)17-13-9-12-16(18(17)20(2,3)4)24-19(21)15-10-7-6-8-11-15/h6-13H,5,14H2,1-4H3. The molecule has 0 fully saturated rings. The summed E-state index contributed by atoms with van der Waals surface area (Å²) in [5, 5.41) is 0. The summed E-state index contributed by atoms with van der Waals surface area (Å²) >= 11 is 0. The van der Waals surface area contributed by atoms with Crippen LogP contribution < -0.4 is 4.74 Å². The van der Waals surface area contributed by atoms with Gasteiger partial charge in [-0.05, 0) is 36.1 Å². The molecule has 0 aliphatic rings. The average Bonchev–Trinajstić information content (AvgIpc) is 2.54. The highest BCUT2D eigenvalue weighted by molar-refractivity contribution is 7.91. The largest absolute Gasteiger partial charge is 0.423 e. The minimum atomic E-state index is -3.44. The van der Waals surface area contributed by atoms with Crippen molar-refractivity contribution in [1.82, 2.24) is 0 Å². The van der Waals surface area contributed by atoms with Crippen molar-refractivity contribution >= 4 is 15.8 Å². The monoisotopic (exact) mass is 360 g/mol. The highest BCUT2D eigenvalue weighted by atomic mass is 32.2. The lowest BCUT2D eigenvalue weighted by Gasteiger charge is -2.25. The van der Waals surface area contributed by atoms with Crippen LogP contribution in [0.3, 0.4) is 0 Å². The minimum absolute atomic E-state index is 0.0617. The molecule has 5 heteroatoms. The van der Waals surface area contributed by atoms with E-state index in [2.05, 4.69) is 0 Å². The fourth-order valence-corrected chi connectivity index (χ4v) is 4.47. The zero-order valence-corrected chi connectivity index (χ0v) is 15.9. The van der Waals surface area contributed by atoms with E-state index in [0.29, 0.717) is 23.3 Å². The van der Waals surface area contributed by atoms with Gasteiger partial charge in [-0.2, -0.15) is 0 Å². The van der Waals surface area contributed by atoms with Crippen molar-refractivity contribution in [2.75, 3.05) is 5.75 Å². The molecule has 4 nitrogen and oxygen atoms in total. The number of rotatable bonds is 5. The molecule has 2 aromatic carbocycles. The topological polar surface area (TPSA) is 60.4 Å². The molecule has 0 spiro atoms. The smallest absolute Gasteiger partial charge is 0.343 e. The summed E-state index contributed by atoms with van der Waals surface area (Å²) in [5.41, 5.74) is 0.459. The highest BCUT2D eigenvalue weighted by Crippen LogP contribution is 2.37. The average molecular weight is 360 g/mol. The Hall–Kier alpha value is -2.14. The van der Waals surface area contributed by atoms with Crippen LogP contribution in [0, 0.1) is 0 Å². The quantitative estimate of drug-likeness (QED) is 0.586. The lowest BCUT2D eigenvalue weighted by molar-refractivity contribution is 0.0731. The first kappa shape index (κ1) is 19.2. The van der Waals surface area contributed by atoms with E-state index in [1.54, 1.807) is 42.5 Å². The molecule has 134 valence electrons. The number of hydrogen-bond donors (Lipinski definition) is 0. The van der Waals surface area contributed by atoms with Gasteiger partial charge in [-0.1, -0.05) is 52.0 Å². The van der Waals surface area contributed by atoms with Gasteiger partial charge in [0.2, 0.25) is 0 Å². The normalized spacial score (nSPS) is 12.0. The SMILES string of the molecule is CCCS(=O)(=O)c1cccc(OC(=O)c2ccccc2)c1C(C)(C)C. The lowest BCUT2D eigenvalue weighted by atomic mass is 9.86. The molecule has 0 atom stereocenters. The predicted molar refractivity (Wildman–Crippen MR) is 98.9 cm³/mol.